The molecule has 4 aromatic carbocycles. The van der Waals surface area contributed by atoms with Crippen LogP contribution in [0.2, 0.25) is 0 Å². The van der Waals surface area contributed by atoms with Crippen molar-refractivity contribution >= 4 is 121 Å². The van der Waals surface area contributed by atoms with Crippen molar-refractivity contribution in [3.05, 3.63) is 144 Å². The number of primary amides is 1. The maximum Gasteiger partial charge on any atom is 0.327 e. The second kappa shape index (κ2) is 47.6. The van der Waals surface area contributed by atoms with Gasteiger partial charge in [0.05, 0.1) is 37.8 Å². The molecule has 1 aromatic heterocycles. The lowest BCUT2D eigenvalue weighted by molar-refractivity contribution is -0.142. The zero-order valence-electron chi connectivity index (χ0n) is 63.8. The van der Waals surface area contributed by atoms with Crippen molar-refractivity contribution in [2.75, 3.05) is 37.7 Å². The van der Waals surface area contributed by atoms with Gasteiger partial charge in [-0.25, -0.2) is 4.79 Å². The van der Waals surface area contributed by atoms with E-state index in [4.69, 9.17) is 22.9 Å². The van der Waals surface area contributed by atoms with Crippen molar-refractivity contribution in [1.29, 1.82) is 0 Å². The molecule has 37 nitrogen and oxygen atoms in total. The number of aliphatic carboxylic acids is 1. The third kappa shape index (κ3) is 30.7. The summed E-state index contributed by atoms with van der Waals surface area (Å²) in [6, 6.07) is 9.57. The molecule has 115 heavy (non-hydrogen) atoms. The second-order valence-electron chi connectivity index (χ2n) is 27.6. The average Bonchev–Trinajstić information content (AvgIpc) is 1.71. The number of amides is 14. The largest absolute Gasteiger partial charge is 0.480 e. The molecule has 0 radical (unpaired) electrons. The third-order valence-electron chi connectivity index (χ3n) is 18.3. The van der Waals surface area contributed by atoms with Gasteiger partial charge in [-0.05, 0) is 101 Å². The van der Waals surface area contributed by atoms with E-state index in [1.54, 1.807) is 121 Å². The Morgan fingerprint density at radius 3 is 1.30 bits per heavy atom. The number of aromatic nitrogens is 1. The molecule has 1 aliphatic rings. The maximum atomic E-state index is 15.4. The molecule has 5 aromatic rings. The number of carbonyl (C=O) groups is 15. The summed E-state index contributed by atoms with van der Waals surface area (Å²) in [5.74, 6) is -17.7. The molecule has 0 saturated carbocycles. The summed E-state index contributed by atoms with van der Waals surface area (Å²) in [6.45, 7) is 1.88. The fourth-order valence-corrected chi connectivity index (χ4v) is 14.3. The van der Waals surface area contributed by atoms with Crippen LogP contribution in [0.5, 0.6) is 0 Å². The number of H-pyrrole nitrogens is 1. The summed E-state index contributed by atoms with van der Waals surface area (Å²) in [5, 5.41) is 76.1. The van der Waals surface area contributed by atoms with Crippen LogP contribution < -0.4 is 92.1 Å². The predicted molar refractivity (Wildman–Crippen MR) is 425 cm³/mol. The number of carboxylic acids is 1. The number of nitrogens with two attached hydrogens (primary N) is 4. The number of aromatic amines is 1. The molecule has 26 N–H and O–H groups in total. The van der Waals surface area contributed by atoms with E-state index in [1.165, 1.54) is 6.92 Å². The number of hydrogen-bond acceptors (Lipinski definition) is 23. The first-order valence-electron chi connectivity index (χ1n) is 37.4. The first-order chi connectivity index (χ1) is 54.9. The number of para-hydroxylation sites is 1. The van der Waals surface area contributed by atoms with Crippen LogP contribution in [0.25, 0.3) is 10.9 Å². The zero-order valence-corrected chi connectivity index (χ0v) is 65.4. The van der Waals surface area contributed by atoms with Gasteiger partial charge in [0.25, 0.3) is 0 Å². The molecule has 39 heteroatoms. The van der Waals surface area contributed by atoms with E-state index < -0.39 is 210 Å². The monoisotopic (exact) mass is 1640 g/mol. The molecule has 6 rings (SSSR count). The molecule has 0 aliphatic carbocycles. The number of unbranched alkanes of at least 4 members (excludes halogenated alkanes) is 2. The Hall–Kier alpha value is -11.1. The summed E-state index contributed by atoms with van der Waals surface area (Å²) in [4.78, 5) is 217. The molecular formula is C76H104N18O19S2. The first kappa shape index (κ1) is 92.8. The summed E-state index contributed by atoms with van der Waals surface area (Å²) in [7, 11) is 1.49. The lowest BCUT2D eigenvalue weighted by Crippen LogP contribution is -2.63. The van der Waals surface area contributed by atoms with Gasteiger partial charge in [0.2, 0.25) is 82.7 Å². The summed E-state index contributed by atoms with van der Waals surface area (Å²) in [6.07, 6.45) is -3.48. The van der Waals surface area contributed by atoms with E-state index in [9.17, 15) is 78.0 Å². The molecule has 15 atom stereocenters. The fourth-order valence-electron chi connectivity index (χ4n) is 11.9. The molecule has 624 valence electrons. The minimum Gasteiger partial charge on any atom is -0.480 e. The number of aliphatic hydroxyl groups is 3. The van der Waals surface area contributed by atoms with Gasteiger partial charge in [-0.3, -0.25) is 67.1 Å². The van der Waals surface area contributed by atoms with Crippen molar-refractivity contribution in [3.8, 4) is 0 Å². The van der Waals surface area contributed by atoms with Crippen LogP contribution in [-0.2, 0) is 97.6 Å². The predicted octanol–water partition coefficient (Wildman–Crippen LogP) is -4.91. The topological polar surface area (TPSA) is 613 Å². The molecule has 14 amide bonds. The number of carboxylic acid groups (broad SMARTS) is 1. The highest BCUT2D eigenvalue weighted by Gasteiger charge is 2.40. The molecule has 0 unspecified atom stereocenters. The lowest BCUT2D eigenvalue weighted by Gasteiger charge is -2.29. The van der Waals surface area contributed by atoms with Crippen molar-refractivity contribution in [3.63, 3.8) is 0 Å². The number of carbonyl (C=O) groups excluding carboxylic acids is 14. The van der Waals surface area contributed by atoms with Crippen LogP contribution in [0.4, 0.5) is 0 Å². The van der Waals surface area contributed by atoms with Crippen molar-refractivity contribution in [2.45, 2.75) is 182 Å². The quantitative estimate of drug-likeness (QED) is 0.0182. The van der Waals surface area contributed by atoms with E-state index in [0.717, 1.165) is 35.4 Å². The number of aliphatic hydroxyl groups excluding tert-OH is 3. The van der Waals surface area contributed by atoms with E-state index in [0.29, 0.717) is 39.6 Å². The van der Waals surface area contributed by atoms with Gasteiger partial charge in [-0.1, -0.05) is 131 Å². The third-order valence-corrected chi connectivity index (χ3v) is 20.7. The van der Waals surface area contributed by atoms with E-state index in [1.807, 2.05) is 0 Å². The zero-order chi connectivity index (χ0) is 84.3. The van der Waals surface area contributed by atoms with Gasteiger partial charge in [-0.15, -0.1) is 0 Å². The molecular weight excluding hydrogens is 1530 g/mol. The second-order valence-corrected chi connectivity index (χ2v) is 30.1. The van der Waals surface area contributed by atoms with Gasteiger partial charge >= 0.3 is 5.97 Å². The van der Waals surface area contributed by atoms with E-state index in [-0.39, 0.29) is 70.9 Å². The Bertz CT molecular complexity index is 4130. The normalized spacial score (nSPS) is 23.7. The Morgan fingerprint density at radius 2 is 0.852 bits per heavy atom. The van der Waals surface area contributed by atoms with Crippen LogP contribution in [0.15, 0.2) is 121 Å². The summed E-state index contributed by atoms with van der Waals surface area (Å²) < 4.78 is 0. The highest BCUT2D eigenvalue weighted by molar-refractivity contribution is 8.76. The minimum atomic E-state index is -1.99. The van der Waals surface area contributed by atoms with Crippen LogP contribution in [0.1, 0.15) is 88.0 Å². The molecule has 1 aliphatic heterocycles. The number of fused-ring (bicyclic) bond motifs is 1. The van der Waals surface area contributed by atoms with E-state index >= 15 is 14.4 Å². The Kier molecular flexibility index (Phi) is 38.4. The summed E-state index contributed by atoms with van der Waals surface area (Å²) in [5.41, 5.74) is 25.6. The fraction of sp³-hybridized carbons (Fsp3) is 0.461. The Morgan fingerprint density at radius 1 is 0.470 bits per heavy atom. The maximum absolute atomic E-state index is 15.4. The summed E-state index contributed by atoms with van der Waals surface area (Å²) >= 11 is 0. The number of hydrogen-bond donors (Lipinski definition) is 22. The highest BCUT2D eigenvalue weighted by atomic mass is 33.1. The van der Waals surface area contributed by atoms with Crippen LogP contribution in [0, 0.1) is 0 Å². The van der Waals surface area contributed by atoms with Crippen molar-refractivity contribution in [1.82, 2.24) is 74.1 Å². The first-order valence-corrected chi connectivity index (χ1v) is 39.8. The van der Waals surface area contributed by atoms with E-state index in [2.05, 4.69) is 74.1 Å². The van der Waals surface area contributed by atoms with Crippen molar-refractivity contribution in [2.24, 2.45) is 22.9 Å². The molecule has 0 bridgehead atoms. The van der Waals surface area contributed by atoms with Crippen LogP contribution >= 0.6 is 21.6 Å². The van der Waals surface area contributed by atoms with Crippen LogP contribution in [0.3, 0.4) is 0 Å². The SMILES string of the molecule is C[C@H](N)C(=O)NCC(=O)N[C@H]1CSSC[C@@H](C(=O)O)NC(=O)[C@H](CO)NC(=O)[C@@H]([C@@H](C)O)NC(=O)[C@H](Cc2ccccc2)NC(=O)[C@@H]([C@@H](C)O)NC(=O)[C@H](CCCCN)NC(=O)[C@@H](Cc2c[nH]c3ccccc23)NC(=O)[C@H](Cc2ccccc2)NC(=O)[C@@H](Cc2ccccc2)NC(=O)[C@H](CC(N)=O)NC(=O)[C@H](CCCCN)NC1=O. The number of nitrogens with one attached hydrogen (secondary N) is 14. The molecule has 0 spiro atoms. The smallest absolute Gasteiger partial charge is 0.327 e. The molecule has 1 fully saturated rings. The van der Waals surface area contributed by atoms with Gasteiger partial charge in [0.15, 0.2) is 0 Å². The van der Waals surface area contributed by atoms with Gasteiger partial charge in [0.1, 0.15) is 72.5 Å². The van der Waals surface area contributed by atoms with Gasteiger partial charge < -0.3 is 117 Å². The van der Waals surface area contributed by atoms with Crippen molar-refractivity contribution < 1.29 is 92.3 Å². The Balaban J connectivity index is 1.47. The number of benzene rings is 4. The number of rotatable bonds is 26. The molecule has 1 saturated heterocycles. The Labute approximate surface area is 670 Å². The lowest BCUT2D eigenvalue weighted by atomic mass is 10.00. The minimum absolute atomic E-state index is 0.104. The highest BCUT2D eigenvalue weighted by Crippen LogP contribution is 2.25. The van der Waals surface area contributed by atoms with Gasteiger partial charge in [-0.2, -0.15) is 0 Å². The molecule has 2 heterocycles. The standard InChI is InChI=1S/C76H104N18O19S2/c1-41(79)64(100)82-37-61(99)83-58-39-114-115-40-59(76(112)113)92-72(108)57(38-95)91-75(111)63(43(3)97)94-71(107)54(33-46-23-11-6-12-24-46)90-74(110)62(42(2)96)93-66(102)51(28-16-18-30-78)84-69(105)55(34-47-36-81-49-26-14-13-25-48(47)49)88-68(104)53(32-45-21-9-5-10-22-45)86-67(103)52(31-44-19-7-4-8-20-44)87-70(106)56(35-60(80)98)89-65(101)50(85-73(58)109)27-15-17-29-77/h4-14,19-26,36,41-43,50-59,62-63,81,95-97H,15-18,27-35,37-40,77-79H2,1-3H3,(H2,80,98)(H,82,100)(H,83,99)(H,84,105)(H,85,109)(H,86,103)(H,87,106)(H,88,104)(H,89,101)(H,90,110)(H,91,111)(H,92,108)(H,93,102)(H,94,107)(H,112,113)/t41-,42+,43+,50-,51-,52+,53-,54-,55+,56-,57-,58-,59-,62+,63+/m0/s1. The average molecular weight is 1640 g/mol. The van der Waals surface area contributed by atoms with Gasteiger partial charge in [0, 0.05) is 54.3 Å². The van der Waals surface area contributed by atoms with Crippen LogP contribution in [-0.4, -0.2) is 243 Å².